The highest BCUT2D eigenvalue weighted by Crippen LogP contribution is 2.34. The van der Waals surface area contributed by atoms with Crippen LogP contribution in [0, 0.1) is 0 Å². The van der Waals surface area contributed by atoms with Crippen LogP contribution in [0.4, 0.5) is 18.0 Å². The van der Waals surface area contributed by atoms with Crippen LogP contribution in [0.1, 0.15) is 32.3 Å². The van der Waals surface area contributed by atoms with Crippen LogP contribution in [0.3, 0.4) is 0 Å². The maximum atomic E-state index is 13.6. The number of amides is 4. The van der Waals surface area contributed by atoms with Gasteiger partial charge in [0.15, 0.2) is 9.84 Å². The Bertz CT molecular complexity index is 1300. The van der Waals surface area contributed by atoms with Gasteiger partial charge in [-0.05, 0) is 75.2 Å². The molecule has 0 bridgehead atoms. The quantitative estimate of drug-likeness (QED) is 0.203. The Hall–Kier alpha value is -3.65. The Morgan fingerprint density at radius 3 is 2.03 bits per heavy atom. The Balaban J connectivity index is 1.88. The molecule has 2 aromatic rings. The van der Waals surface area contributed by atoms with Crippen molar-refractivity contribution in [2.75, 3.05) is 13.6 Å². The van der Waals surface area contributed by atoms with Crippen molar-refractivity contribution in [3.8, 4) is 11.5 Å². The number of halogens is 3. The van der Waals surface area contributed by atoms with Crippen LogP contribution >= 0.6 is 0 Å². The van der Waals surface area contributed by atoms with Crippen molar-refractivity contribution < 1.29 is 45.9 Å². The summed E-state index contributed by atoms with van der Waals surface area (Å²) in [5, 5.41) is 8.07. The van der Waals surface area contributed by atoms with E-state index >= 15 is 0 Å². The maximum Gasteiger partial charge on any atom is 0.416 e. The number of hydroxylamine groups is 2. The Morgan fingerprint density at radius 2 is 1.58 bits per heavy atom. The van der Waals surface area contributed by atoms with Crippen molar-refractivity contribution in [1.29, 1.82) is 0 Å². The molecule has 3 rings (SSSR count). The third kappa shape index (κ3) is 5.75. The normalized spacial score (nSPS) is 16.5. The van der Waals surface area contributed by atoms with Gasteiger partial charge in [-0.1, -0.05) is 0 Å². The van der Waals surface area contributed by atoms with Gasteiger partial charge in [-0.15, -0.1) is 0 Å². The third-order valence-corrected chi connectivity index (χ3v) is 8.34. The predicted octanol–water partition coefficient (Wildman–Crippen LogP) is 3.90. The van der Waals surface area contributed by atoms with Crippen LogP contribution in [0.2, 0.25) is 0 Å². The lowest BCUT2D eigenvalue weighted by Gasteiger charge is -2.26. The first-order valence-electron chi connectivity index (χ1n) is 11.3. The van der Waals surface area contributed by atoms with Gasteiger partial charge in [0.1, 0.15) is 22.4 Å². The minimum atomic E-state index is -4.50. The molecule has 1 unspecified atom stereocenters. The van der Waals surface area contributed by atoms with Gasteiger partial charge in [0.05, 0.1) is 10.5 Å². The summed E-state index contributed by atoms with van der Waals surface area (Å²) in [6.45, 7) is 2.73. The summed E-state index contributed by atoms with van der Waals surface area (Å²) in [6.07, 6.45) is -4.67. The van der Waals surface area contributed by atoms with E-state index in [1.54, 1.807) is 0 Å². The van der Waals surface area contributed by atoms with Crippen LogP contribution < -0.4 is 4.74 Å². The average Bonchev–Trinajstić information content (AvgIpc) is 3.00. The van der Waals surface area contributed by atoms with Gasteiger partial charge < -0.3 is 9.64 Å². The monoisotopic (exact) mass is 557 g/mol. The molecule has 1 aliphatic rings. The molecule has 2 aromatic carbocycles. The fraction of sp³-hybridized carbons (Fsp3) is 0.375. The smallest absolute Gasteiger partial charge is 0.416 e. The number of likely N-dealkylation sites (N-methyl/N-ethyl adjacent to an activating group) is 1. The fourth-order valence-corrected chi connectivity index (χ4v) is 5.56. The first kappa shape index (κ1) is 28.9. The third-order valence-electron chi connectivity index (χ3n) is 6.25. The Kier molecular flexibility index (Phi) is 8.07. The lowest BCUT2D eigenvalue weighted by molar-refractivity contribution is -0.150. The highest BCUT2D eigenvalue weighted by Gasteiger charge is 2.54. The van der Waals surface area contributed by atoms with Crippen LogP contribution in [0.5, 0.6) is 11.5 Å². The molecular formula is C24H26F3N3O7S. The van der Waals surface area contributed by atoms with Crippen molar-refractivity contribution in [1.82, 2.24) is 14.9 Å². The molecule has 0 spiro atoms. The van der Waals surface area contributed by atoms with Gasteiger partial charge in [-0.3, -0.25) is 14.8 Å². The van der Waals surface area contributed by atoms with E-state index in [1.807, 2.05) is 0 Å². The number of carbonyl (C=O) groups is 3. The van der Waals surface area contributed by atoms with Crippen molar-refractivity contribution in [2.24, 2.45) is 0 Å². The van der Waals surface area contributed by atoms with E-state index in [2.05, 4.69) is 0 Å². The molecule has 1 atom stereocenters. The molecule has 1 saturated heterocycles. The first-order chi connectivity index (χ1) is 17.6. The first-order valence-corrected chi connectivity index (χ1v) is 12.9. The molecule has 206 valence electrons. The van der Waals surface area contributed by atoms with E-state index in [0.717, 1.165) is 29.2 Å². The summed E-state index contributed by atoms with van der Waals surface area (Å²) in [4.78, 5) is 38.2. The van der Waals surface area contributed by atoms with E-state index < -0.39 is 44.4 Å². The zero-order chi connectivity index (χ0) is 28.5. The van der Waals surface area contributed by atoms with Gasteiger partial charge in [0, 0.05) is 13.6 Å². The van der Waals surface area contributed by atoms with Gasteiger partial charge in [-0.2, -0.15) is 13.2 Å². The fourth-order valence-electron chi connectivity index (χ4n) is 3.79. The van der Waals surface area contributed by atoms with Crippen molar-refractivity contribution in [2.45, 2.75) is 48.7 Å². The summed E-state index contributed by atoms with van der Waals surface area (Å²) in [5.74, 6) is -0.498. The van der Waals surface area contributed by atoms with E-state index in [1.165, 1.54) is 45.2 Å². The molecule has 0 aliphatic carbocycles. The van der Waals surface area contributed by atoms with Gasteiger partial charge in [0.2, 0.25) is 6.41 Å². The predicted molar refractivity (Wildman–Crippen MR) is 127 cm³/mol. The zero-order valence-corrected chi connectivity index (χ0v) is 21.5. The molecule has 38 heavy (non-hydrogen) atoms. The number of rotatable bonds is 10. The van der Waals surface area contributed by atoms with E-state index in [9.17, 15) is 41.2 Å². The highest BCUT2D eigenvalue weighted by molar-refractivity contribution is 7.92. The number of imide groups is 1. The molecule has 1 fully saturated rings. The van der Waals surface area contributed by atoms with Gasteiger partial charge in [0.25, 0.3) is 5.91 Å². The minimum absolute atomic E-state index is 0.0462. The van der Waals surface area contributed by atoms with Crippen LogP contribution in [-0.4, -0.2) is 71.3 Å². The van der Waals surface area contributed by atoms with Gasteiger partial charge in [-0.25, -0.2) is 23.2 Å². The summed E-state index contributed by atoms with van der Waals surface area (Å²) in [7, 11) is -2.98. The second-order valence-electron chi connectivity index (χ2n) is 9.08. The lowest BCUT2D eigenvalue weighted by atomic mass is 10.1. The zero-order valence-electron chi connectivity index (χ0n) is 20.7. The number of urea groups is 1. The van der Waals surface area contributed by atoms with Crippen LogP contribution in [0.25, 0.3) is 0 Å². The van der Waals surface area contributed by atoms with Crippen molar-refractivity contribution in [3.63, 3.8) is 0 Å². The molecule has 1 heterocycles. The number of alkyl halides is 3. The minimum Gasteiger partial charge on any atom is -0.457 e. The average molecular weight is 558 g/mol. The van der Waals surface area contributed by atoms with E-state index in [4.69, 9.17) is 4.74 Å². The molecule has 10 nitrogen and oxygen atoms in total. The number of nitrogens with zero attached hydrogens (tertiary/aromatic N) is 3. The SMILES string of the molecule is CN1C(=O)N(C(CCCN(O)C=O)S(=O)(=O)c2ccc(Oc3ccc(C(F)(F)F)cc3)cc2)C(=O)C1(C)C. The van der Waals surface area contributed by atoms with Crippen molar-refractivity contribution in [3.05, 3.63) is 54.1 Å². The van der Waals surface area contributed by atoms with Gasteiger partial charge >= 0.3 is 12.2 Å². The molecule has 14 heteroatoms. The number of sulfone groups is 1. The van der Waals surface area contributed by atoms with E-state index in [-0.39, 0.29) is 42.2 Å². The molecular weight excluding hydrogens is 531 g/mol. The number of ether oxygens (including phenoxy) is 1. The molecule has 1 aliphatic heterocycles. The number of hydrogen-bond donors (Lipinski definition) is 1. The number of benzene rings is 2. The molecule has 1 N–H and O–H groups in total. The number of carbonyl (C=O) groups excluding carboxylic acids is 3. The molecule has 4 amide bonds. The summed E-state index contributed by atoms with van der Waals surface area (Å²) >= 11 is 0. The topological polar surface area (TPSA) is 125 Å². The Labute approximate surface area is 217 Å². The lowest BCUT2D eigenvalue weighted by Crippen LogP contribution is -2.47. The summed E-state index contributed by atoms with van der Waals surface area (Å²) in [5.41, 5.74) is -2.15. The standard InChI is InChI=1S/C24H26F3N3O7S/c1-23(2)21(32)30(22(33)28(23)3)20(5-4-14-29(34)15-31)38(35,36)19-12-10-18(11-13-19)37-17-8-6-16(7-9-17)24(25,26)27/h6-13,15,20,34H,4-5,14H2,1-3H3. The van der Waals surface area contributed by atoms with Crippen LogP contribution in [-0.2, 0) is 25.6 Å². The van der Waals surface area contributed by atoms with E-state index in [0.29, 0.717) is 9.96 Å². The largest absolute Gasteiger partial charge is 0.457 e. The second kappa shape index (κ2) is 10.6. The summed E-state index contributed by atoms with van der Waals surface area (Å²) in [6, 6.07) is 8.06. The second-order valence-corrected chi connectivity index (χ2v) is 11.2. The number of hydrogen-bond acceptors (Lipinski definition) is 7. The van der Waals surface area contributed by atoms with Crippen LogP contribution in [0.15, 0.2) is 53.4 Å². The molecule has 0 radical (unpaired) electrons. The summed E-state index contributed by atoms with van der Waals surface area (Å²) < 4.78 is 71.0. The van der Waals surface area contributed by atoms with Crippen molar-refractivity contribution >= 4 is 28.2 Å². The highest BCUT2D eigenvalue weighted by atomic mass is 32.2. The molecule has 0 aromatic heterocycles. The maximum absolute atomic E-state index is 13.6. The molecule has 0 saturated carbocycles. The Morgan fingerprint density at radius 1 is 1.05 bits per heavy atom.